The molecule has 1 saturated heterocycles. The SMILES string of the molecule is CSc1ccc(C2=CC[C@H]3[C@@H]4[C@@H](C)C[C@H]5N(C)C(=O)CC[C@]5(C)[C@H]4CC[C@]23C)cc1. The van der Waals surface area contributed by atoms with Crippen LogP contribution in [0, 0.1) is 34.5 Å². The summed E-state index contributed by atoms with van der Waals surface area (Å²) in [6, 6.07) is 9.70. The molecule has 0 radical (unpaired) electrons. The van der Waals surface area contributed by atoms with Gasteiger partial charge in [0.15, 0.2) is 0 Å². The highest BCUT2D eigenvalue weighted by atomic mass is 32.2. The lowest BCUT2D eigenvalue weighted by molar-refractivity contribution is -0.162. The summed E-state index contributed by atoms with van der Waals surface area (Å²) in [7, 11) is 2.07. The van der Waals surface area contributed by atoms with Crippen molar-refractivity contribution in [3.63, 3.8) is 0 Å². The predicted octanol–water partition coefficient (Wildman–Crippen LogP) is 6.51. The number of hydrogen-bond acceptors (Lipinski definition) is 2. The van der Waals surface area contributed by atoms with E-state index in [1.165, 1.54) is 36.1 Å². The molecule has 0 bridgehead atoms. The lowest BCUT2D eigenvalue weighted by Crippen LogP contribution is -2.63. The smallest absolute Gasteiger partial charge is 0.222 e. The Balaban J connectivity index is 1.46. The molecule has 1 heterocycles. The molecule has 3 fully saturated rings. The summed E-state index contributed by atoms with van der Waals surface area (Å²) in [5, 5.41) is 0. The molecule has 7 atom stereocenters. The molecule has 0 unspecified atom stereocenters. The zero-order chi connectivity index (χ0) is 21.3. The van der Waals surface area contributed by atoms with Gasteiger partial charge in [-0.2, -0.15) is 0 Å². The molecule has 0 aromatic heterocycles. The Kier molecular flexibility index (Phi) is 4.93. The van der Waals surface area contributed by atoms with Gasteiger partial charge in [0.05, 0.1) is 0 Å². The quantitative estimate of drug-likeness (QED) is 0.505. The third kappa shape index (κ3) is 2.80. The molecule has 0 spiro atoms. The number of piperidine rings is 1. The fourth-order valence-electron chi connectivity index (χ4n) is 8.25. The lowest BCUT2D eigenvalue weighted by atomic mass is 9.44. The largest absolute Gasteiger partial charge is 0.342 e. The number of allylic oxidation sites excluding steroid dienone is 2. The van der Waals surface area contributed by atoms with Crippen LogP contribution in [-0.4, -0.2) is 30.2 Å². The Morgan fingerprint density at radius 1 is 1.10 bits per heavy atom. The van der Waals surface area contributed by atoms with E-state index in [1.54, 1.807) is 5.57 Å². The van der Waals surface area contributed by atoms with E-state index in [4.69, 9.17) is 0 Å². The highest BCUT2D eigenvalue weighted by Gasteiger charge is 2.61. The topological polar surface area (TPSA) is 20.3 Å². The molecule has 1 aliphatic heterocycles. The van der Waals surface area contributed by atoms with E-state index in [-0.39, 0.29) is 0 Å². The van der Waals surface area contributed by atoms with Crippen LogP contribution >= 0.6 is 11.8 Å². The minimum atomic E-state index is 0.296. The zero-order valence-corrected chi connectivity index (χ0v) is 20.1. The van der Waals surface area contributed by atoms with Crippen molar-refractivity contribution < 1.29 is 4.79 Å². The van der Waals surface area contributed by atoms with Crippen molar-refractivity contribution in [2.24, 2.45) is 34.5 Å². The number of benzene rings is 1. The van der Waals surface area contributed by atoms with Crippen LogP contribution in [-0.2, 0) is 4.79 Å². The van der Waals surface area contributed by atoms with Gasteiger partial charge in [-0.3, -0.25) is 4.79 Å². The first-order valence-electron chi connectivity index (χ1n) is 11.9. The molecule has 4 aliphatic rings. The molecule has 162 valence electrons. The Labute approximate surface area is 186 Å². The minimum Gasteiger partial charge on any atom is -0.342 e. The van der Waals surface area contributed by atoms with Gasteiger partial charge in [0, 0.05) is 24.4 Å². The lowest BCUT2D eigenvalue weighted by Gasteiger charge is -2.63. The van der Waals surface area contributed by atoms with Crippen LogP contribution in [0.25, 0.3) is 5.57 Å². The number of carbonyl (C=O) groups is 1. The third-order valence-electron chi connectivity index (χ3n) is 9.91. The number of carbonyl (C=O) groups excluding carboxylic acids is 1. The summed E-state index contributed by atoms with van der Waals surface area (Å²) in [6.07, 6.45) is 11.6. The van der Waals surface area contributed by atoms with Crippen LogP contribution < -0.4 is 0 Å². The van der Waals surface area contributed by atoms with Gasteiger partial charge >= 0.3 is 0 Å². The summed E-state index contributed by atoms with van der Waals surface area (Å²) < 4.78 is 0. The van der Waals surface area contributed by atoms with Gasteiger partial charge in [0.1, 0.15) is 0 Å². The fraction of sp³-hybridized carbons (Fsp3) is 0.667. The van der Waals surface area contributed by atoms with Gasteiger partial charge in [-0.15, -0.1) is 11.8 Å². The minimum absolute atomic E-state index is 0.296. The van der Waals surface area contributed by atoms with Crippen LogP contribution in [0.3, 0.4) is 0 Å². The Morgan fingerprint density at radius 2 is 1.83 bits per heavy atom. The normalized spacial score (nSPS) is 43.0. The molecule has 2 saturated carbocycles. The van der Waals surface area contributed by atoms with Gasteiger partial charge < -0.3 is 4.90 Å². The molecule has 0 N–H and O–H groups in total. The first-order valence-corrected chi connectivity index (χ1v) is 13.1. The predicted molar refractivity (Wildman–Crippen MR) is 126 cm³/mol. The van der Waals surface area contributed by atoms with Crippen molar-refractivity contribution in [2.75, 3.05) is 13.3 Å². The first kappa shape index (κ1) is 20.7. The number of amides is 1. The summed E-state index contributed by atoms with van der Waals surface area (Å²) in [5.41, 5.74) is 3.64. The maximum atomic E-state index is 12.5. The maximum Gasteiger partial charge on any atom is 0.222 e. The summed E-state index contributed by atoms with van der Waals surface area (Å²) in [4.78, 5) is 15.9. The summed E-state index contributed by atoms with van der Waals surface area (Å²) in [6.45, 7) is 7.57. The average Bonchev–Trinajstić information content (AvgIpc) is 3.10. The van der Waals surface area contributed by atoms with Crippen LogP contribution in [0.4, 0.5) is 0 Å². The van der Waals surface area contributed by atoms with E-state index in [2.05, 4.69) is 69.3 Å². The van der Waals surface area contributed by atoms with Crippen LogP contribution in [0.1, 0.15) is 64.9 Å². The molecule has 30 heavy (non-hydrogen) atoms. The number of nitrogens with zero attached hydrogens (tertiary/aromatic N) is 1. The van der Waals surface area contributed by atoms with Crippen LogP contribution in [0.15, 0.2) is 35.2 Å². The van der Waals surface area contributed by atoms with Crippen molar-refractivity contribution in [1.29, 1.82) is 0 Å². The summed E-state index contributed by atoms with van der Waals surface area (Å²) >= 11 is 1.82. The molecule has 3 aliphatic carbocycles. The van der Waals surface area contributed by atoms with E-state index < -0.39 is 0 Å². The van der Waals surface area contributed by atoms with Crippen molar-refractivity contribution in [1.82, 2.24) is 4.90 Å². The van der Waals surface area contributed by atoms with Gasteiger partial charge in [-0.25, -0.2) is 0 Å². The molecular formula is C27H37NOS. The number of likely N-dealkylation sites (tertiary alicyclic amines) is 1. The second-order valence-corrected chi connectivity index (χ2v) is 11.9. The Morgan fingerprint density at radius 3 is 2.53 bits per heavy atom. The number of thioether (sulfide) groups is 1. The van der Waals surface area contributed by atoms with Crippen LogP contribution in [0.5, 0.6) is 0 Å². The molecular weight excluding hydrogens is 386 g/mol. The highest BCUT2D eigenvalue weighted by molar-refractivity contribution is 7.98. The molecule has 1 amide bonds. The monoisotopic (exact) mass is 423 g/mol. The second-order valence-electron chi connectivity index (χ2n) is 11.1. The van der Waals surface area contributed by atoms with Gasteiger partial charge in [-0.05, 0) is 96.1 Å². The number of fused-ring (bicyclic) bond motifs is 5. The first-order chi connectivity index (χ1) is 14.3. The van der Waals surface area contributed by atoms with Crippen LogP contribution in [0.2, 0.25) is 0 Å². The van der Waals surface area contributed by atoms with Gasteiger partial charge in [-0.1, -0.05) is 39.0 Å². The van der Waals surface area contributed by atoms with E-state index in [1.807, 2.05) is 11.8 Å². The molecule has 3 heteroatoms. The van der Waals surface area contributed by atoms with Crippen molar-refractivity contribution in [2.45, 2.75) is 70.2 Å². The number of hydrogen-bond donors (Lipinski definition) is 0. The summed E-state index contributed by atoms with van der Waals surface area (Å²) in [5.74, 6) is 3.35. The number of rotatable bonds is 2. The van der Waals surface area contributed by atoms with Gasteiger partial charge in [0.25, 0.3) is 0 Å². The van der Waals surface area contributed by atoms with E-state index in [0.29, 0.717) is 28.7 Å². The average molecular weight is 424 g/mol. The van der Waals surface area contributed by atoms with E-state index >= 15 is 0 Å². The van der Waals surface area contributed by atoms with Crippen molar-refractivity contribution in [3.05, 3.63) is 35.9 Å². The standard InChI is InChI=1S/C27H37NOS/c1-17-16-23-27(3,15-13-24(29)28(23)4)22-12-14-26(2)20(10-11-21(26)25(17)22)18-6-8-19(30-5)9-7-18/h6-10,17,21-23,25H,11-16H2,1-5H3/t17-,21-,22-,23+,25-,26+,27+/m0/s1. The molecule has 5 rings (SSSR count). The zero-order valence-electron chi connectivity index (χ0n) is 19.3. The third-order valence-corrected chi connectivity index (χ3v) is 10.7. The fourth-order valence-corrected chi connectivity index (χ4v) is 8.66. The Hall–Kier alpha value is -1.22. The highest BCUT2D eigenvalue weighted by Crippen LogP contribution is 2.67. The van der Waals surface area contributed by atoms with E-state index in [0.717, 1.165) is 30.6 Å². The maximum absolute atomic E-state index is 12.5. The van der Waals surface area contributed by atoms with Gasteiger partial charge in [0.2, 0.25) is 5.91 Å². The molecule has 1 aromatic carbocycles. The molecule has 2 nitrogen and oxygen atoms in total. The molecule has 1 aromatic rings. The second kappa shape index (κ2) is 7.15. The Bertz CT molecular complexity index is 875. The van der Waals surface area contributed by atoms with Crippen molar-refractivity contribution in [3.8, 4) is 0 Å². The van der Waals surface area contributed by atoms with E-state index in [9.17, 15) is 4.79 Å². The van der Waals surface area contributed by atoms with Crippen molar-refractivity contribution >= 4 is 23.2 Å².